The van der Waals surface area contributed by atoms with Crippen LogP contribution >= 0.6 is 0 Å². The second kappa shape index (κ2) is 9.25. The van der Waals surface area contributed by atoms with Crippen LogP contribution in [0.5, 0.6) is 17.2 Å². The van der Waals surface area contributed by atoms with Gasteiger partial charge in [-0.05, 0) is 42.3 Å². The number of halogens is 1. The van der Waals surface area contributed by atoms with Gasteiger partial charge in [0.05, 0.1) is 26.9 Å². The van der Waals surface area contributed by atoms with E-state index in [1.165, 1.54) is 12.1 Å². The maximum Gasteiger partial charge on any atom is 0.203 e. The molecular formula is C19H24FNO4. The highest BCUT2D eigenvalue weighted by Crippen LogP contribution is 2.38. The molecule has 0 aromatic heterocycles. The molecule has 2 N–H and O–H groups in total. The first kappa shape index (κ1) is 19.0. The zero-order valence-electron chi connectivity index (χ0n) is 14.7. The first-order valence-corrected chi connectivity index (χ1v) is 8.11. The van der Waals surface area contributed by atoms with E-state index in [2.05, 4.69) is 5.32 Å². The Bertz CT molecular complexity index is 651. The number of benzene rings is 2. The lowest BCUT2D eigenvalue weighted by Crippen LogP contribution is -2.21. The fourth-order valence-electron chi connectivity index (χ4n) is 2.48. The fourth-order valence-corrected chi connectivity index (χ4v) is 2.48. The molecule has 0 heterocycles. The number of ether oxygens (including phenoxy) is 3. The van der Waals surface area contributed by atoms with Gasteiger partial charge in [0.15, 0.2) is 11.5 Å². The summed E-state index contributed by atoms with van der Waals surface area (Å²) in [5, 5.41) is 13.3. The molecule has 0 spiro atoms. The van der Waals surface area contributed by atoms with Crippen LogP contribution in [-0.4, -0.2) is 32.5 Å². The molecule has 2 aromatic rings. The highest BCUT2D eigenvalue weighted by Gasteiger charge is 2.14. The standard InChI is InChI=1S/C19H24FNO4/c1-4-25-19-17(23-2)9-13(10-18(19)24-3)11-21-12-16(22)14-5-7-15(20)8-6-14/h5-10,16,21-22H,4,11-12H2,1-3H3/t16-/m1/s1. The summed E-state index contributed by atoms with van der Waals surface area (Å²) in [6, 6.07) is 9.55. The topological polar surface area (TPSA) is 60.0 Å². The molecule has 1 atom stereocenters. The molecule has 0 aliphatic heterocycles. The van der Waals surface area contributed by atoms with Crippen LogP contribution in [0.25, 0.3) is 0 Å². The number of methoxy groups -OCH3 is 2. The number of hydrogen-bond acceptors (Lipinski definition) is 5. The molecule has 0 unspecified atom stereocenters. The van der Waals surface area contributed by atoms with E-state index < -0.39 is 6.10 Å². The minimum atomic E-state index is -0.716. The van der Waals surface area contributed by atoms with E-state index in [4.69, 9.17) is 14.2 Å². The molecule has 5 nitrogen and oxygen atoms in total. The third-order valence-electron chi connectivity index (χ3n) is 3.73. The quantitative estimate of drug-likeness (QED) is 0.729. The molecule has 0 amide bonds. The summed E-state index contributed by atoms with van der Waals surface area (Å²) >= 11 is 0. The number of rotatable bonds is 9. The minimum Gasteiger partial charge on any atom is -0.493 e. The maximum atomic E-state index is 12.9. The molecule has 0 bridgehead atoms. The van der Waals surface area contributed by atoms with Gasteiger partial charge in [-0.25, -0.2) is 4.39 Å². The van der Waals surface area contributed by atoms with Crippen molar-refractivity contribution < 1.29 is 23.7 Å². The number of aliphatic hydroxyl groups excluding tert-OH is 1. The Balaban J connectivity index is 2.01. The lowest BCUT2D eigenvalue weighted by molar-refractivity contribution is 0.174. The van der Waals surface area contributed by atoms with Gasteiger partial charge in [-0.2, -0.15) is 0 Å². The summed E-state index contributed by atoms with van der Waals surface area (Å²) in [7, 11) is 3.15. The summed E-state index contributed by atoms with van der Waals surface area (Å²) in [4.78, 5) is 0. The van der Waals surface area contributed by atoms with Crippen molar-refractivity contribution in [1.82, 2.24) is 5.32 Å². The van der Waals surface area contributed by atoms with Crippen LogP contribution in [0.4, 0.5) is 4.39 Å². The van der Waals surface area contributed by atoms with E-state index in [9.17, 15) is 9.50 Å². The zero-order chi connectivity index (χ0) is 18.2. The summed E-state index contributed by atoms with van der Waals surface area (Å²) < 4.78 is 29.2. The van der Waals surface area contributed by atoms with Gasteiger partial charge in [-0.3, -0.25) is 0 Å². The Morgan fingerprint density at radius 2 is 1.68 bits per heavy atom. The molecule has 25 heavy (non-hydrogen) atoms. The van der Waals surface area contributed by atoms with Crippen LogP contribution in [0.3, 0.4) is 0 Å². The Morgan fingerprint density at radius 3 is 2.20 bits per heavy atom. The largest absolute Gasteiger partial charge is 0.493 e. The average Bonchev–Trinajstić information content (AvgIpc) is 2.63. The minimum absolute atomic E-state index is 0.322. The number of hydrogen-bond donors (Lipinski definition) is 2. The third-order valence-corrected chi connectivity index (χ3v) is 3.73. The van der Waals surface area contributed by atoms with E-state index in [0.29, 0.717) is 42.5 Å². The van der Waals surface area contributed by atoms with Gasteiger partial charge in [0.1, 0.15) is 5.82 Å². The average molecular weight is 349 g/mol. The van der Waals surface area contributed by atoms with Gasteiger partial charge in [0, 0.05) is 13.1 Å². The molecule has 0 aliphatic rings. The molecular weight excluding hydrogens is 325 g/mol. The Morgan fingerprint density at radius 1 is 1.08 bits per heavy atom. The monoisotopic (exact) mass is 349 g/mol. The van der Waals surface area contributed by atoms with Crippen molar-refractivity contribution in [2.45, 2.75) is 19.6 Å². The van der Waals surface area contributed by atoms with Gasteiger partial charge in [-0.15, -0.1) is 0 Å². The second-order valence-electron chi connectivity index (χ2n) is 5.46. The smallest absolute Gasteiger partial charge is 0.203 e. The van der Waals surface area contributed by atoms with E-state index in [-0.39, 0.29) is 5.82 Å². The van der Waals surface area contributed by atoms with Crippen LogP contribution in [0.15, 0.2) is 36.4 Å². The van der Waals surface area contributed by atoms with Crippen molar-refractivity contribution >= 4 is 0 Å². The van der Waals surface area contributed by atoms with Gasteiger partial charge in [-0.1, -0.05) is 12.1 Å². The molecule has 136 valence electrons. The number of aliphatic hydroxyl groups is 1. The summed E-state index contributed by atoms with van der Waals surface area (Å²) in [5.41, 5.74) is 1.60. The lowest BCUT2D eigenvalue weighted by Gasteiger charge is -2.16. The first-order valence-electron chi connectivity index (χ1n) is 8.11. The van der Waals surface area contributed by atoms with Gasteiger partial charge in [0.25, 0.3) is 0 Å². The Labute approximate surface area is 147 Å². The zero-order valence-corrected chi connectivity index (χ0v) is 14.7. The SMILES string of the molecule is CCOc1c(OC)cc(CNC[C@@H](O)c2ccc(F)cc2)cc1OC. The summed E-state index contributed by atoms with van der Waals surface area (Å²) in [6.07, 6.45) is -0.716. The maximum absolute atomic E-state index is 12.9. The van der Waals surface area contributed by atoms with Gasteiger partial charge in [0.2, 0.25) is 5.75 Å². The first-order chi connectivity index (χ1) is 12.1. The molecule has 6 heteroatoms. The van der Waals surface area contributed by atoms with Crippen molar-refractivity contribution in [2.24, 2.45) is 0 Å². The van der Waals surface area contributed by atoms with Crippen molar-refractivity contribution in [2.75, 3.05) is 27.4 Å². The third kappa shape index (κ3) is 5.08. The van der Waals surface area contributed by atoms with Crippen LogP contribution in [-0.2, 0) is 6.54 Å². The molecule has 2 aromatic carbocycles. The van der Waals surface area contributed by atoms with Crippen molar-refractivity contribution in [1.29, 1.82) is 0 Å². The molecule has 0 aliphatic carbocycles. The summed E-state index contributed by atoms with van der Waals surface area (Å²) in [5.74, 6) is 1.44. The van der Waals surface area contributed by atoms with Crippen LogP contribution < -0.4 is 19.5 Å². The highest BCUT2D eigenvalue weighted by atomic mass is 19.1. The fraction of sp³-hybridized carbons (Fsp3) is 0.368. The van der Waals surface area contributed by atoms with Crippen LogP contribution in [0.1, 0.15) is 24.2 Å². The van der Waals surface area contributed by atoms with Gasteiger partial charge >= 0.3 is 0 Å². The number of nitrogens with one attached hydrogen (secondary N) is 1. The normalized spacial score (nSPS) is 11.9. The predicted octanol–water partition coefficient (Wildman–Crippen LogP) is 3.06. The van der Waals surface area contributed by atoms with E-state index >= 15 is 0 Å². The van der Waals surface area contributed by atoms with E-state index in [0.717, 1.165) is 5.56 Å². The summed E-state index contributed by atoms with van der Waals surface area (Å²) in [6.45, 7) is 3.25. The Hall–Kier alpha value is -2.31. The molecule has 2 rings (SSSR count). The molecule has 0 saturated heterocycles. The molecule has 0 saturated carbocycles. The highest BCUT2D eigenvalue weighted by molar-refractivity contribution is 5.53. The van der Waals surface area contributed by atoms with Crippen LogP contribution in [0, 0.1) is 5.82 Å². The van der Waals surface area contributed by atoms with Gasteiger partial charge < -0.3 is 24.6 Å². The van der Waals surface area contributed by atoms with Crippen molar-refractivity contribution in [3.63, 3.8) is 0 Å². The van der Waals surface area contributed by atoms with E-state index in [1.54, 1.807) is 26.4 Å². The lowest BCUT2D eigenvalue weighted by atomic mass is 10.1. The predicted molar refractivity (Wildman–Crippen MR) is 93.8 cm³/mol. The van der Waals surface area contributed by atoms with E-state index in [1.807, 2.05) is 19.1 Å². The van der Waals surface area contributed by atoms with Crippen LogP contribution in [0.2, 0.25) is 0 Å². The Kier molecular flexibility index (Phi) is 7.03. The molecule has 0 fully saturated rings. The molecule has 0 radical (unpaired) electrons. The second-order valence-corrected chi connectivity index (χ2v) is 5.46. The van der Waals surface area contributed by atoms with Crippen molar-refractivity contribution in [3.05, 3.63) is 53.3 Å². The van der Waals surface area contributed by atoms with Crippen molar-refractivity contribution in [3.8, 4) is 17.2 Å².